The third-order valence-electron chi connectivity index (χ3n) is 7.69. The Hall–Kier alpha value is -0.790. The molecule has 0 saturated carbocycles. The van der Waals surface area contributed by atoms with Gasteiger partial charge in [0.25, 0.3) is 5.82 Å². The van der Waals surface area contributed by atoms with Crippen LogP contribution < -0.4 is 4.57 Å². The van der Waals surface area contributed by atoms with Crippen molar-refractivity contribution in [1.29, 1.82) is 0 Å². The van der Waals surface area contributed by atoms with Crippen LogP contribution in [0.25, 0.3) is 0 Å². The molecule has 1 aromatic rings. The van der Waals surface area contributed by atoms with Crippen molar-refractivity contribution in [1.82, 2.24) is 4.57 Å². The highest BCUT2D eigenvalue weighted by molar-refractivity contribution is 4.83. The lowest BCUT2D eigenvalue weighted by molar-refractivity contribution is -0.704. The molecule has 0 aliphatic heterocycles. The van der Waals surface area contributed by atoms with Gasteiger partial charge in [-0.3, -0.25) is 0 Å². The summed E-state index contributed by atoms with van der Waals surface area (Å²) in [5.74, 6) is 1.57. The highest BCUT2D eigenvalue weighted by Crippen LogP contribution is 2.14. The van der Waals surface area contributed by atoms with E-state index in [1.54, 1.807) is 5.82 Å². The van der Waals surface area contributed by atoms with Crippen LogP contribution in [0.15, 0.2) is 12.4 Å². The van der Waals surface area contributed by atoms with Crippen LogP contribution in [0.3, 0.4) is 0 Å². The standard InChI is InChI=1S/C32H63N2/c1-4-7-9-11-13-15-17-18-20-22-24-26-28-32-33(6-3)30-31-34(32)29-27-25-23-21-19-16-14-12-10-8-5-2/h30-31H,4-29H2,1-3H3/q+1. The third-order valence-corrected chi connectivity index (χ3v) is 7.69. The number of hydrogen-bond acceptors (Lipinski definition) is 0. The zero-order valence-electron chi connectivity index (χ0n) is 23.9. The van der Waals surface area contributed by atoms with Crippen LogP contribution in [0.2, 0.25) is 0 Å². The molecule has 0 amide bonds. The predicted molar refractivity (Wildman–Crippen MR) is 152 cm³/mol. The maximum atomic E-state index is 2.57. The molecule has 0 bridgehead atoms. The minimum atomic E-state index is 1.11. The molecule has 0 radical (unpaired) electrons. The van der Waals surface area contributed by atoms with E-state index >= 15 is 0 Å². The monoisotopic (exact) mass is 475 g/mol. The highest BCUT2D eigenvalue weighted by Gasteiger charge is 2.15. The van der Waals surface area contributed by atoms with Crippen molar-refractivity contribution in [2.24, 2.45) is 0 Å². The minimum Gasteiger partial charge on any atom is -0.235 e. The fraction of sp³-hybridized carbons (Fsp3) is 0.906. The van der Waals surface area contributed by atoms with Gasteiger partial charge in [0.15, 0.2) is 0 Å². The van der Waals surface area contributed by atoms with Crippen molar-refractivity contribution in [3.8, 4) is 0 Å². The van der Waals surface area contributed by atoms with Crippen LogP contribution in [0.5, 0.6) is 0 Å². The molecular formula is C32H63N2+. The summed E-state index contributed by atoms with van der Waals surface area (Å²) in [5, 5.41) is 0. The lowest BCUT2D eigenvalue weighted by atomic mass is 10.0. The van der Waals surface area contributed by atoms with E-state index in [1.807, 2.05) is 0 Å². The molecule has 200 valence electrons. The molecule has 0 aliphatic carbocycles. The van der Waals surface area contributed by atoms with Crippen LogP contribution in [0, 0.1) is 0 Å². The molecule has 0 aliphatic rings. The first-order valence-corrected chi connectivity index (χ1v) is 15.9. The molecule has 2 nitrogen and oxygen atoms in total. The van der Waals surface area contributed by atoms with Gasteiger partial charge >= 0.3 is 0 Å². The molecule has 0 spiro atoms. The van der Waals surface area contributed by atoms with Gasteiger partial charge in [-0.05, 0) is 26.2 Å². The quantitative estimate of drug-likeness (QED) is 0.0930. The number of hydrogen-bond donors (Lipinski definition) is 0. The lowest BCUT2D eigenvalue weighted by Crippen LogP contribution is -2.37. The number of aromatic nitrogens is 2. The van der Waals surface area contributed by atoms with E-state index in [2.05, 4.69) is 42.3 Å². The van der Waals surface area contributed by atoms with E-state index in [0.717, 1.165) is 6.54 Å². The van der Waals surface area contributed by atoms with Gasteiger partial charge in [-0.15, -0.1) is 0 Å². The van der Waals surface area contributed by atoms with Crippen molar-refractivity contribution >= 4 is 0 Å². The number of nitrogens with zero attached hydrogens (tertiary/aromatic N) is 2. The summed E-state index contributed by atoms with van der Waals surface area (Å²) in [6, 6.07) is 0. The van der Waals surface area contributed by atoms with Gasteiger partial charge in [0.2, 0.25) is 0 Å². The van der Waals surface area contributed by atoms with E-state index in [4.69, 9.17) is 0 Å². The maximum Gasteiger partial charge on any atom is 0.256 e. The van der Waals surface area contributed by atoms with Crippen LogP contribution in [-0.4, -0.2) is 4.57 Å². The van der Waals surface area contributed by atoms with Crippen LogP contribution in [-0.2, 0) is 19.5 Å². The summed E-state index contributed by atoms with van der Waals surface area (Å²) in [7, 11) is 0. The average Bonchev–Trinajstić information content (AvgIpc) is 3.24. The molecule has 1 heterocycles. The molecule has 34 heavy (non-hydrogen) atoms. The molecule has 0 fully saturated rings. The molecule has 0 aromatic carbocycles. The normalized spacial score (nSPS) is 11.5. The Morgan fingerprint density at radius 2 is 0.882 bits per heavy atom. The van der Waals surface area contributed by atoms with Crippen LogP contribution in [0.1, 0.15) is 174 Å². The van der Waals surface area contributed by atoms with Crippen molar-refractivity contribution in [2.75, 3.05) is 0 Å². The third kappa shape index (κ3) is 16.8. The van der Waals surface area contributed by atoms with E-state index in [-0.39, 0.29) is 0 Å². The smallest absolute Gasteiger partial charge is 0.235 e. The van der Waals surface area contributed by atoms with E-state index in [0.29, 0.717) is 0 Å². The maximum absolute atomic E-state index is 2.57. The van der Waals surface area contributed by atoms with Gasteiger partial charge in [0, 0.05) is 6.42 Å². The number of aryl methyl sites for hydroxylation is 2. The molecule has 0 N–H and O–H groups in total. The minimum absolute atomic E-state index is 1.11. The Morgan fingerprint density at radius 1 is 0.500 bits per heavy atom. The first-order valence-electron chi connectivity index (χ1n) is 15.9. The zero-order valence-corrected chi connectivity index (χ0v) is 23.9. The van der Waals surface area contributed by atoms with Gasteiger partial charge < -0.3 is 0 Å². The van der Waals surface area contributed by atoms with Gasteiger partial charge in [0.1, 0.15) is 12.4 Å². The predicted octanol–water partition coefficient (Wildman–Crippen LogP) is 10.4. The molecule has 0 saturated heterocycles. The molecule has 0 unspecified atom stereocenters. The first-order chi connectivity index (χ1) is 16.8. The molecule has 1 aromatic heterocycles. The summed E-state index contributed by atoms with van der Waals surface area (Å²) in [6.07, 6.45) is 38.8. The fourth-order valence-electron chi connectivity index (χ4n) is 5.35. The molecule has 2 heteroatoms. The molecular weight excluding hydrogens is 412 g/mol. The summed E-state index contributed by atoms with van der Waals surface area (Å²) in [5.41, 5.74) is 0. The number of unbranched alkanes of at least 4 members (excludes halogenated alkanes) is 21. The second-order valence-corrected chi connectivity index (χ2v) is 10.9. The SMILES string of the molecule is CCCCCCCCCCCCCCc1n(CC)cc[n+]1CCCCCCCCCCCCC. The summed E-state index contributed by atoms with van der Waals surface area (Å²) in [6.45, 7) is 9.23. The molecule has 0 atom stereocenters. The number of imidazole rings is 1. The summed E-state index contributed by atoms with van der Waals surface area (Å²) < 4.78 is 5.05. The zero-order chi connectivity index (χ0) is 24.5. The van der Waals surface area contributed by atoms with E-state index < -0.39 is 0 Å². The van der Waals surface area contributed by atoms with Crippen molar-refractivity contribution in [3.63, 3.8) is 0 Å². The Kier molecular flexibility index (Phi) is 22.0. The van der Waals surface area contributed by atoms with Gasteiger partial charge in [-0.2, -0.15) is 0 Å². The average molecular weight is 476 g/mol. The lowest BCUT2D eigenvalue weighted by Gasteiger charge is -2.06. The molecule has 1 rings (SSSR count). The largest absolute Gasteiger partial charge is 0.256 e. The summed E-state index contributed by atoms with van der Waals surface area (Å²) >= 11 is 0. The Bertz CT molecular complexity index is 533. The van der Waals surface area contributed by atoms with Gasteiger partial charge in [-0.25, -0.2) is 9.13 Å². The Morgan fingerprint density at radius 3 is 1.29 bits per heavy atom. The Balaban J connectivity index is 2.05. The van der Waals surface area contributed by atoms with Crippen molar-refractivity contribution < 1.29 is 4.57 Å². The summed E-state index contributed by atoms with van der Waals surface area (Å²) in [4.78, 5) is 0. The number of rotatable bonds is 26. The fourth-order valence-corrected chi connectivity index (χ4v) is 5.35. The van der Waals surface area contributed by atoms with Crippen molar-refractivity contribution in [3.05, 3.63) is 18.2 Å². The van der Waals surface area contributed by atoms with E-state index in [9.17, 15) is 0 Å². The highest BCUT2D eigenvalue weighted by atomic mass is 15.1. The Labute approximate surface area is 215 Å². The van der Waals surface area contributed by atoms with Gasteiger partial charge in [-0.1, -0.05) is 142 Å². The topological polar surface area (TPSA) is 8.81 Å². The second-order valence-electron chi connectivity index (χ2n) is 10.9. The van der Waals surface area contributed by atoms with Crippen LogP contribution in [0.4, 0.5) is 0 Å². The van der Waals surface area contributed by atoms with Crippen molar-refractivity contribution in [2.45, 2.75) is 188 Å². The first kappa shape index (κ1) is 31.2. The second kappa shape index (κ2) is 23.9. The van der Waals surface area contributed by atoms with Crippen LogP contribution >= 0.6 is 0 Å². The van der Waals surface area contributed by atoms with E-state index in [1.165, 1.54) is 161 Å². The van der Waals surface area contributed by atoms with Gasteiger partial charge in [0.05, 0.1) is 13.1 Å².